The van der Waals surface area contributed by atoms with Gasteiger partial charge in [0.1, 0.15) is 18.2 Å². The minimum atomic E-state index is 0.355. The maximum atomic E-state index is 5.67. The normalized spacial score (nSPS) is 18.6. The molecule has 1 N–H and O–H groups in total. The van der Waals surface area contributed by atoms with E-state index in [1.165, 1.54) is 12.8 Å². The average molecular weight is 438 g/mol. The number of anilines is 1. The molecule has 5 rings (SSSR count). The first-order chi connectivity index (χ1) is 15.6. The third-order valence-corrected chi connectivity index (χ3v) is 6.74. The highest BCUT2D eigenvalue weighted by molar-refractivity contribution is 5.70. The molecule has 9 heteroatoms. The minimum absolute atomic E-state index is 0.355. The second kappa shape index (κ2) is 8.91. The summed E-state index contributed by atoms with van der Waals surface area (Å²) < 4.78 is 14.9. The number of fused-ring (bicyclic) bond motifs is 1. The van der Waals surface area contributed by atoms with E-state index >= 15 is 0 Å². The van der Waals surface area contributed by atoms with E-state index in [4.69, 9.17) is 19.7 Å². The maximum Gasteiger partial charge on any atom is 0.212 e. The molecule has 3 aromatic heterocycles. The summed E-state index contributed by atoms with van der Waals surface area (Å²) in [4.78, 5) is 6.77. The van der Waals surface area contributed by atoms with Gasteiger partial charge in [0.05, 0.1) is 37.8 Å². The number of piperidine rings is 1. The van der Waals surface area contributed by atoms with Gasteiger partial charge < -0.3 is 19.7 Å². The Hall–Kier alpha value is -2.91. The predicted molar refractivity (Wildman–Crippen MR) is 122 cm³/mol. The molecule has 1 atom stereocenters. The van der Waals surface area contributed by atoms with Crippen molar-refractivity contribution in [1.29, 1.82) is 0 Å². The number of aromatic nitrogens is 5. The van der Waals surface area contributed by atoms with Gasteiger partial charge in [0.15, 0.2) is 0 Å². The third kappa shape index (κ3) is 3.98. The lowest BCUT2D eigenvalue weighted by atomic mass is 9.91. The number of nitrogens with one attached hydrogen (secondary N) is 1. The van der Waals surface area contributed by atoms with Crippen molar-refractivity contribution >= 4 is 5.82 Å². The molecular weight excluding hydrogens is 406 g/mol. The van der Waals surface area contributed by atoms with Gasteiger partial charge in [-0.3, -0.25) is 4.68 Å². The van der Waals surface area contributed by atoms with Gasteiger partial charge in [-0.2, -0.15) is 10.2 Å². The van der Waals surface area contributed by atoms with Gasteiger partial charge >= 0.3 is 0 Å². The SMILES string of the molecule is COc1ccc(-c2nn(-c3cnn([C@@H](C)C4CCN(C)CC4)c3)c3c2CCOCN3)cn1. The first kappa shape index (κ1) is 21.0. The van der Waals surface area contributed by atoms with Gasteiger partial charge in [-0.05, 0) is 51.9 Å². The lowest BCUT2D eigenvalue weighted by Crippen LogP contribution is -2.33. The average Bonchev–Trinajstić information content (AvgIpc) is 3.37. The van der Waals surface area contributed by atoms with Gasteiger partial charge in [0.25, 0.3) is 0 Å². The van der Waals surface area contributed by atoms with E-state index in [9.17, 15) is 0 Å². The van der Waals surface area contributed by atoms with Crippen LogP contribution in [-0.4, -0.2) is 70.0 Å². The molecule has 32 heavy (non-hydrogen) atoms. The molecule has 2 aliphatic rings. The zero-order valence-corrected chi connectivity index (χ0v) is 19.0. The van der Waals surface area contributed by atoms with Crippen LogP contribution in [0.2, 0.25) is 0 Å². The molecule has 0 amide bonds. The fraction of sp³-hybridized carbons (Fsp3) is 0.522. The summed E-state index contributed by atoms with van der Waals surface area (Å²) in [7, 11) is 3.82. The first-order valence-electron chi connectivity index (χ1n) is 11.3. The Kier molecular flexibility index (Phi) is 5.84. The topological polar surface area (TPSA) is 82.3 Å². The number of ether oxygens (including phenoxy) is 2. The molecule has 0 radical (unpaired) electrons. The highest BCUT2D eigenvalue weighted by atomic mass is 16.5. The van der Waals surface area contributed by atoms with Crippen LogP contribution in [0.3, 0.4) is 0 Å². The van der Waals surface area contributed by atoms with Gasteiger partial charge in [-0.25, -0.2) is 9.67 Å². The molecule has 0 aromatic carbocycles. The van der Waals surface area contributed by atoms with E-state index in [0.29, 0.717) is 31.2 Å². The molecule has 1 saturated heterocycles. The summed E-state index contributed by atoms with van der Waals surface area (Å²) in [6.07, 6.45) is 9.02. The molecular formula is C23H31N7O2. The van der Waals surface area contributed by atoms with Crippen LogP contribution in [0.15, 0.2) is 30.7 Å². The number of pyridine rings is 1. The molecule has 5 heterocycles. The lowest BCUT2D eigenvalue weighted by Gasteiger charge is -2.32. The van der Waals surface area contributed by atoms with Crippen molar-refractivity contribution in [2.75, 3.05) is 45.9 Å². The monoisotopic (exact) mass is 437 g/mol. The fourth-order valence-corrected chi connectivity index (χ4v) is 4.68. The zero-order chi connectivity index (χ0) is 22.1. The van der Waals surface area contributed by atoms with Crippen LogP contribution in [0.1, 0.15) is 31.4 Å². The number of likely N-dealkylation sites (tertiary alicyclic amines) is 1. The predicted octanol–water partition coefficient (Wildman–Crippen LogP) is 2.98. The van der Waals surface area contributed by atoms with E-state index in [-0.39, 0.29) is 0 Å². The van der Waals surface area contributed by atoms with Crippen LogP contribution in [0.5, 0.6) is 5.88 Å². The van der Waals surface area contributed by atoms with Gasteiger partial charge in [0.2, 0.25) is 5.88 Å². The van der Waals surface area contributed by atoms with Crippen LogP contribution in [-0.2, 0) is 11.2 Å². The lowest BCUT2D eigenvalue weighted by molar-refractivity contribution is 0.159. The number of hydrogen-bond donors (Lipinski definition) is 1. The van der Waals surface area contributed by atoms with E-state index in [1.54, 1.807) is 7.11 Å². The molecule has 1 fully saturated rings. The Morgan fingerprint density at radius 2 is 2.06 bits per heavy atom. The van der Waals surface area contributed by atoms with Crippen molar-refractivity contribution in [3.63, 3.8) is 0 Å². The van der Waals surface area contributed by atoms with Gasteiger partial charge in [0, 0.05) is 29.8 Å². The second-order valence-electron chi connectivity index (χ2n) is 8.72. The molecule has 9 nitrogen and oxygen atoms in total. The molecule has 170 valence electrons. The number of nitrogens with zero attached hydrogens (tertiary/aromatic N) is 6. The third-order valence-electron chi connectivity index (χ3n) is 6.74. The summed E-state index contributed by atoms with van der Waals surface area (Å²) in [6.45, 7) is 5.68. The van der Waals surface area contributed by atoms with Crippen LogP contribution < -0.4 is 10.1 Å². The summed E-state index contributed by atoms with van der Waals surface area (Å²) in [5.74, 6) is 2.19. The molecule has 2 aliphatic heterocycles. The largest absolute Gasteiger partial charge is 0.481 e. The van der Waals surface area contributed by atoms with Gasteiger partial charge in [-0.15, -0.1) is 0 Å². The maximum absolute atomic E-state index is 5.67. The van der Waals surface area contributed by atoms with E-state index < -0.39 is 0 Å². The highest BCUT2D eigenvalue weighted by Gasteiger charge is 2.26. The van der Waals surface area contributed by atoms with Crippen molar-refractivity contribution < 1.29 is 9.47 Å². The van der Waals surface area contributed by atoms with E-state index in [2.05, 4.69) is 40.1 Å². The Bertz CT molecular complexity index is 1050. The number of rotatable bonds is 5. The fourth-order valence-electron chi connectivity index (χ4n) is 4.68. The van der Waals surface area contributed by atoms with Crippen LogP contribution in [0, 0.1) is 5.92 Å². The number of hydrogen-bond acceptors (Lipinski definition) is 7. The molecule has 3 aromatic rings. The molecule has 0 saturated carbocycles. The summed E-state index contributed by atoms with van der Waals surface area (Å²) in [5.41, 5.74) is 3.94. The Morgan fingerprint density at radius 3 is 2.81 bits per heavy atom. The van der Waals surface area contributed by atoms with Crippen LogP contribution in [0.4, 0.5) is 5.82 Å². The van der Waals surface area contributed by atoms with Gasteiger partial charge in [-0.1, -0.05) is 0 Å². The Balaban J connectivity index is 1.48. The number of methoxy groups -OCH3 is 1. The Labute approximate surface area is 188 Å². The quantitative estimate of drug-likeness (QED) is 0.657. The summed E-state index contributed by atoms with van der Waals surface area (Å²) in [6, 6.07) is 4.21. The zero-order valence-electron chi connectivity index (χ0n) is 19.0. The smallest absolute Gasteiger partial charge is 0.212 e. The molecule has 0 aliphatic carbocycles. The Morgan fingerprint density at radius 1 is 1.22 bits per heavy atom. The van der Waals surface area contributed by atoms with Crippen molar-refractivity contribution in [3.05, 3.63) is 36.3 Å². The standard InChI is InChI=1S/C23H31N7O2/c1-16(17-6-9-28(2)10-7-17)29-14-19(13-26-29)30-23-20(8-11-32-15-25-23)22(27-30)18-4-5-21(31-3)24-12-18/h4-5,12-14,16-17,25H,6-11,15H2,1-3H3/t16-/m0/s1. The van der Waals surface area contributed by atoms with Crippen molar-refractivity contribution in [1.82, 2.24) is 29.4 Å². The summed E-state index contributed by atoms with van der Waals surface area (Å²) in [5, 5.41) is 13.1. The van der Waals surface area contributed by atoms with Crippen molar-refractivity contribution in [2.24, 2.45) is 5.92 Å². The molecule has 0 unspecified atom stereocenters. The van der Waals surface area contributed by atoms with E-state index in [1.807, 2.05) is 29.2 Å². The summed E-state index contributed by atoms with van der Waals surface area (Å²) >= 11 is 0. The van der Waals surface area contributed by atoms with Crippen molar-refractivity contribution in [2.45, 2.75) is 32.2 Å². The van der Waals surface area contributed by atoms with Crippen LogP contribution in [0.25, 0.3) is 16.9 Å². The molecule has 0 bridgehead atoms. The van der Waals surface area contributed by atoms with Crippen molar-refractivity contribution in [3.8, 4) is 22.8 Å². The second-order valence-corrected chi connectivity index (χ2v) is 8.72. The minimum Gasteiger partial charge on any atom is -0.481 e. The molecule has 0 spiro atoms. The highest BCUT2D eigenvalue weighted by Crippen LogP contribution is 2.34. The van der Waals surface area contributed by atoms with E-state index in [0.717, 1.165) is 47.8 Å². The van der Waals surface area contributed by atoms with Crippen LogP contribution >= 0.6 is 0 Å². The first-order valence-corrected chi connectivity index (χ1v) is 11.3.